The minimum absolute atomic E-state index is 0.0721. The van der Waals surface area contributed by atoms with Crippen LogP contribution >= 0.6 is 0 Å². The number of likely N-dealkylation sites (N-methyl/N-ethyl adjacent to an activating group) is 1. The van der Waals surface area contributed by atoms with Gasteiger partial charge in [-0.1, -0.05) is 0 Å². The first-order chi connectivity index (χ1) is 6.57. The smallest absolute Gasteiger partial charge is 0.222 e. The molecule has 0 rings (SSSR count). The first-order valence-electron chi connectivity index (χ1n) is 4.93. The minimum Gasteiger partial charge on any atom is -0.392 e. The molecule has 0 aliphatic rings. The fourth-order valence-corrected chi connectivity index (χ4v) is 1.19. The molecule has 0 aliphatic heterocycles. The molecule has 0 heterocycles. The third-order valence-corrected chi connectivity index (χ3v) is 1.93. The van der Waals surface area contributed by atoms with Gasteiger partial charge in [-0.2, -0.15) is 0 Å². The summed E-state index contributed by atoms with van der Waals surface area (Å²) in [4.78, 5) is 13.0. The predicted octanol–water partition coefficient (Wildman–Crippen LogP) is 1.02. The number of amides is 1. The summed E-state index contributed by atoms with van der Waals surface area (Å²) < 4.78 is 0. The van der Waals surface area contributed by atoms with Crippen LogP contribution in [0, 0.1) is 12.3 Å². The van der Waals surface area contributed by atoms with Crippen molar-refractivity contribution in [3.05, 3.63) is 0 Å². The topological polar surface area (TPSA) is 40.5 Å². The van der Waals surface area contributed by atoms with E-state index >= 15 is 0 Å². The van der Waals surface area contributed by atoms with Gasteiger partial charge < -0.3 is 10.0 Å². The Morgan fingerprint density at radius 2 is 2.21 bits per heavy atom. The third-order valence-electron chi connectivity index (χ3n) is 1.93. The van der Waals surface area contributed by atoms with Crippen molar-refractivity contribution in [1.29, 1.82) is 0 Å². The SMILES string of the molecule is C#CCCCCC(=O)N(C)CC(C)O. The Kier molecular flexibility index (Phi) is 6.87. The zero-order chi connectivity index (χ0) is 11.0. The summed E-state index contributed by atoms with van der Waals surface area (Å²) in [5.74, 6) is 2.61. The normalized spacial score (nSPS) is 11.9. The van der Waals surface area contributed by atoms with Crippen LogP contribution < -0.4 is 0 Å². The first-order valence-corrected chi connectivity index (χ1v) is 4.93. The van der Waals surface area contributed by atoms with E-state index in [1.807, 2.05) is 0 Å². The Morgan fingerprint density at radius 3 is 2.71 bits per heavy atom. The monoisotopic (exact) mass is 197 g/mol. The molecule has 3 nitrogen and oxygen atoms in total. The van der Waals surface area contributed by atoms with Crippen LogP contribution in [-0.4, -0.2) is 35.6 Å². The van der Waals surface area contributed by atoms with Gasteiger partial charge in [0.1, 0.15) is 0 Å². The number of hydrogen-bond acceptors (Lipinski definition) is 2. The lowest BCUT2D eigenvalue weighted by Crippen LogP contribution is -2.32. The molecule has 0 aromatic heterocycles. The van der Waals surface area contributed by atoms with Gasteiger partial charge in [0.05, 0.1) is 6.10 Å². The van der Waals surface area contributed by atoms with Gasteiger partial charge in [0.25, 0.3) is 0 Å². The van der Waals surface area contributed by atoms with Crippen LogP contribution in [0.4, 0.5) is 0 Å². The number of aliphatic hydroxyl groups is 1. The molecular weight excluding hydrogens is 178 g/mol. The summed E-state index contributed by atoms with van der Waals surface area (Å²) in [6.45, 7) is 2.07. The fourth-order valence-electron chi connectivity index (χ4n) is 1.19. The molecule has 14 heavy (non-hydrogen) atoms. The molecule has 1 amide bonds. The van der Waals surface area contributed by atoms with Crippen molar-refractivity contribution < 1.29 is 9.90 Å². The van der Waals surface area contributed by atoms with E-state index in [0.29, 0.717) is 13.0 Å². The van der Waals surface area contributed by atoms with Gasteiger partial charge in [-0.15, -0.1) is 12.3 Å². The number of nitrogens with zero attached hydrogens (tertiary/aromatic N) is 1. The third kappa shape index (κ3) is 6.50. The lowest BCUT2D eigenvalue weighted by atomic mass is 10.2. The van der Waals surface area contributed by atoms with Crippen LogP contribution in [0.25, 0.3) is 0 Å². The van der Waals surface area contributed by atoms with Crippen molar-refractivity contribution in [2.75, 3.05) is 13.6 Å². The van der Waals surface area contributed by atoms with Gasteiger partial charge in [0.2, 0.25) is 5.91 Å². The average molecular weight is 197 g/mol. The first kappa shape index (κ1) is 13.0. The molecule has 0 saturated heterocycles. The molecule has 0 radical (unpaired) electrons. The van der Waals surface area contributed by atoms with Crippen LogP contribution in [0.5, 0.6) is 0 Å². The van der Waals surface area contributed by atoms with Crippen LogP contribution in [-0.2, 0) is 4.79 Å². The van der Waals surface area contributed by atoms with E-state index < -0.39 is 6.10 Å². The molecule has 0 spiro atoms. The van der Waals surface area contributed by atoms with E-state index in [0.717, 1.165) is 19.3 Å². The molecule has 0 saturated carbocycles. The number of rotatable bonds is 6. The Balaban J connectivity index is 3.58. The van der Waals surface area contributed by atoms with Gasteiger partial charge >= 0.3 is 0 Å². The molecule has 0 bridgehead atoms. The molecule has 1 N–H and O–H groups in total. The van der Waals surface area contributed by atoms with Crippen molar-refractivity contribution >= 4 is 5.91 Å². The lowest BCUT2D eigenvalue weighted by Gasteiger charge is -2.18. The second-order valence-electron chi connectivity index (χ2n) is 3.53. The summed E-state index contributed by atoms with van der Waals surface area (Å²) in [6.07, 6.45) is 7.60. The maximum Gasteiger partial charge on any atom is 0.222 e. The molecule has 0 fully saturated rings. The van der Waals surface area contributed by atoms with Crippen molar-refractivity contribution in [3.8, 4) is 12.3 Å². The van der Waals surface area contributed by atoms with Crippen molar-refractivity contribution in [1.82, 2.24) is 4.90 Å². The fraction of sp³-hybridized carbons (Fsp3) is 0.727. The Hall–Kier alpha value is -1.01. The largest absolute Gasteiger partial charge is 0.392 e. The number of hydrogen-bond donors (Lipinski definition) is 1. The zero-order valence-electron chi connectivity index (χ0n) is 8.99. The maximum atomic E-state index is 11.4. The van der Waals surface area contributed by atoms with Crippen LogP contribution in [0.2, 0.25) is 0 Å². The number of carbonyl (C=O) groups excluding carboxylic acids is 1. The van der Waals surface area contributed by atoms with E-state index in [1.54, 1.807) is 18.9 Å². The van der Waals surface area contributed by atoms with Crippen molar-refractivity contribution in [2.45, 2.75) is 38.7 Å². The molecule has 0 aromatic carbocycles. The van der Waals surface area contributed by atoms with E-state index in [9.17, 15) is 4.79 Å². The number of unbranched alkanes of at least 4 members (excludes halogenated alkanes) is 2. The Bertz CT molecular complexity index is 206. The van der Waals surface area contributed by atoms with E-state index in [-0.39, 0.29) is 5.91 Å². The summed E-state index contributed by atoms with van der Waals surface area (Å²) in [6, 6.07) is 0. The predicted molar refractivity (Wildman–Crippen MR) is 56.6 cm³/mol. The Morgan fingerprint density at radius 1 is 1.57 bits per heavy atom. The summed E-state index contributed by atoms with van der Waals surface area (Å²) >= 11 is 0. The Labute approximate surface area is 86.1 Å². The number of aliphatic hydroxyl groups excluding tert-OH is 1. The van der Waals surface area contributed by atoms with Gasteiger partial charge in [-0.3, -0.25) is 4.79 Å². The van der Waals surface area contributed by atoms with Gasteiger partial charge in [0.15, 0.2) is 0 Å². The molecule has 3 heteroatoms. The second-order valence-corrected chi connectivity index (χ2v) is 3.53. The average Bonchev–Trinajstić information content (AvgIpc) is 2.11. The van der Waals surface area contributed by atoms with Gasteiger partial charge in [-0.05, 0) is 19.8 Å². The maximum absolute atomic E-state index is 11.4. The van der Waals surface area contributed by atoms with E-state index in [1.165, 1.54) is 0 Å². The van der Waals surface area contributed by atoms with Gasteiger partial charge in [-0.25, -0.2) is 0 Å². The van der Waals surface area contributed by atoms with E-state index in [4.69, 9.17) is 11.5 Å². The van der Waals surface area contributed by atoms with E-state index in [2.05, 4.69) is 5.92 Å². The van der Waals surface area contributed by atoms with Crippen LogP contribution in [0.1, 0.15) is 32.6 Å². The molecule has 0 aromatic rings. The number of carbonyl (C=O) groups is 1. The van der Waals surface area contributed by atoms with Crippen LogP contribution in [0.15, 0.2) is 0 Å². The van der Waals surface area contributed by atoms with Gasteiger partial charge in [0, 0.05) is 26.4 Å². The molecule has 1 atom stereocenters. The standard InChI is InChI=1S/C11H19NO2/c1-4-5-6-7-8-11(14)12(3)9-10(2)13/h1,10,13H,5-9H2,2-3H3. The quantitative estimate of drug-likeness (QED) is 0.510. The van der Waals surface area contributed by atoms with Crippen molar-refractivity contribution in [2.24, 2.45) is 0 Å². The van der Waals surface area contributed by atoms with Crippen LogP contribution in [0.3, 0.4) is 0 Å². The lowest BCUT2D eigenvalue weighted by molar-refractivity contribution is -0.131. The minimum atomic E-state index is -0.463. The molecule has 1 unspecified atom stereocenters. The molecular formula is C11H19NO2. The summed E-state index contributed by atoms with van der Waals surface area (Å²) in [5.41, 5.74) is 0. The number of terminal acetylenes is 1. The molecule has 0 aliphatic carbocycles. The van der Waals surface area contributed by atoms with Crippen molar-refractivity contribution in [3.63, 3.8) is 0 Å². The summed E-state index contributed by atoms with van der Waals surface area (Å²) in [7, 11) is 1.70. The highest BCUT2D eigenvalue weighted by Gasteiger charge is 2.09. The highest BCUT2D eigenvalue weighted by atomic mass is 16.3. The molecule has 80 valence electrons. The zero-order valence-corrected chi connectivity index (χ0v) is 8.99. The highest BCUT2D eigenvalue weighted by Crippen LogP contribution is 2.02. The summed E-state index contributed by atoms with van der Waals surface area (Å²) in [5, 5.41) is 9.06. The second kappa shape index (κ2) is 7.40. The highest BCUT2D eigenvalue weighted by molar-refractivity contribution is 5.75.